The van der Waals surface area contributed by atoms with E-state index < -0.39 is 0 Å². The molecule has 0 amide bonds. The summed E-state index contributed by atoms with van der Waals surface area (Å²) in [7, 11) is 1.70. The van der Waals surface area contributed by atoms with Crippen LogP contribution in [-0.2, 0) is 11.2 Å². The summed E-state index contributed by atoms with van der Waals surface area (Å²) < 4.78 is 10.6. The van der Waals surface area contributed by atoms with Crippen LogP contribution in [0.5, 0.6) is 0 Å². The van der Waals surface area contributed by atoms with Crippen molar-refractivity contribution in [3.63, 3.8) is 0 Å². The molecule has 4 atom stereocenters. The lowest BCUT2D eigenvalue weighted by molar-refractivity contribution is 0.116. The summed E-state index contributed by atoms with van der Waals surface area (Å²) in [5.74, 6) is 3.02. The molecule has 2 aliphatic rings. The highest BCUT2D eigenvalue weighted by atomic mass is 16.5. The zero-order valence-electron chi connectivity index (χ0n) is 11.1. The van der Waals surface area contributed by atoms with Crippen LogP contribution >= 0.6 is 0 Å². The van der Waals surface area contributed by atoms with Crippen molar-refractivity contribution in [2.75, 3.05) is 13.7 Å². The molecule has 1 aliphatic heterocycles. The fraction of sp³-hybridized carbons (Fsp3) is 0.846. The maximum absolute atomic E-state index is 5.42. The molecule has 0 bridgehead atoms. The van der Waals surface area contributed by atoms with Gasteiger partial charge in [0.25, 0.3) is 0 Å². The van der Waals surface area contributed by atoms with Gasteiger partial charge in [0.1, 0.15) is 0 Å². The van der Waals surface area contributed by atoms with Crippen molar-refractivity contribution < 1.29 is 9.26 Å². The SMILES string of the molecule is COC(C)Cc1noc(C2NCC3CCCC32)n1. The number of ether oxygens (including phenoxy) is 1. The van der Waals surface area contributed by atoms with Gasteiger partial charge in [0, 0.05) is 13.5 Å². The van der Waals surface area contributed by atoms with E-state index >= 15 is 0 Å². The van der Waals surface area contributed by atoms with Gasteiger partial charge in [0.15, 0.2) is 5.82 Å². The highest BCUT2D eigenvalue weighted by Crippen LogP contribution is 2.43. The molecule has 5 nitrogen and oxygen atoms in total. The molecule has 0 spiro atoms. The summed E-state index contributed by atoms with van der Waals surface area (Å²) in [5.41, 5.74) is 0. The zero-order valence-corrected chi connectivity index (χ0v) is 11.1. The van der Waals surface area contributed by atoms with Gasteiger partial charge in [-0.3, -0.25) is 0 Å². The van der Waals surface area contributed by atoms with Crippen molar-refractivity contribution in [1.29, 1.82) is 0 Å². The number of hydrogen-bond donors (Lipinski definition) is 1. The Morgan fingerprint density at radius 2 is 2.39 bits per heavy atom. The molecule has 1 aromatic heterocycles. The van der Waals surface area contributed by atoms with Crippen LogP contribution in [0.3, 0.4) is 0 Å². The smallest absolute Gasteiger partial charge is 0.244 e. The summed E-state index contributed by atoms with van der Waals surface area (Å²) in [4.78, 5) is 4.52. The van der Waals surface area contributed by atoms with Crippen LogP contribution < -0.4 is 5.32 Å². The van der Waals surface area contributed by atoms with Crippen molar-refractivity contribution in [2.24, 2.45) is 11.8 Å². The van der Waals surface area contributed by atoms with Crippen LogP contribution in [0.1, 0.15) is 43.9 Å². The Bertz CT molecular complexity index is 407. The number of aromatic nitrogens is 2. The summed E-state index contributed by atoms with van der Waals surface area (Å²) >= 11 is 0. The molecule has 1 N–H and O–H groups in total. The summed E-state index contributed by atoms with van der Waals surface area (Å²) in [6, 6.07) is 0.275. The molecular weight excluding hydrogens is 230 g/mol. The van der Waals surface area contributed by atoms with Gasteiger partial charge in [0.05, 0.1) is 12.1 Å². The first-order valence-corrected chi connectivity index (χ1v) is 6.86. The molecule has 2 fully saturated rings. The second-order valence-corrected chi connectivity index (χ2v) is 5.54. The lowest BCUT2D eigenvalue weighted by atomic mass is 9.94. The third kappa shape index (κ3) is 2.17. The average Bonchev–Trinajstić information content (AvgIpc) is 3.03. The normalized spacial score (nSPS) is 32.7. The van der Waals surface area contributed by atoms with Gasteiger partial charge in [-0.1, -0.05) is 11.6 Å². The van der Waals surface area contributed by atoms with Gasteiger partial charge >= 0.3 is 0 Å². The Labute approximate surface area is 107 Å². The van der Waals surface area contributed by atoms with E-state index in [1.165, 1.54) is 19.3 Å². The van der Waals surface area contributed by atoms with E-state index in [1.807, 2.05) is 6.92 Å². The van der Waals surface area contributed by atoms with Gasteiger partial charge in [-0.2, -0.15) is 4.98 Å². The van der Waals surface area contributed by atoms with Crippen LogP contribution in [-0.4, -0.2) is 29.9 Å². The lowest BCUT2D eigenvalue weighted by Crippen LogP contribution is -2.18. The predicted octanol–water partition coefficient (Wildman–Crippen LogP) is 1.71. The van der Waals surface area contributed by atoms with Gasteiger partial charge in [0.2, 0.25) is 5.89 Å². The van der Waals surface area contributed by atoms with Crippen molar-refractivity contribution in [2.45, 2.75) is 44.8 Å². The molecule has 1 aliphatic carbocycles. The van der Waals surface area contributed by atoms with Crippen molar-refractivity contribution in [1.82, 2.24) is 15.5 Å². The molecular formula is C13H21N3O2. The third-order valence-corrected chi connectivity index (χ3v) is 4.37. The molecule has 4 unspecified atom stereocenters. The summed E-state index contributed by atoms with van der Waals surface area (Å²) in [5, 5.41) is 7.58. The number of methoxy groups -OCH3 is 1. The number of fused-ring (bicyclic) bond motifs is 1. The molecule has 18 heavy (non-hydrogen) atoms. The first-order chi connectivity index (χ1) is 8.78. The molecule has 2 heterocycles. The van der Waals surface area contributed by atoms with E-state index in [9.17, 15) is 0 Å². The fourth-order valence-corrected chi connectivity index (χ4v) is 3.28. The molecule has 3 rings (SSSR count). The Kier molecular flexibility index (Phi) is 3.35. The maximum Gasteiger partial charge on any atom is 0.244 e. The number of nitrogens with zero attached hydrogens (tertiary/aromatic N) is 2. The van der Waals surface area contributed by atoms with Crippen LogP contribution in [0.2, 0.25) is 0 Å². The van der Waals surface area contributed by atoms with Crippen molar-refractivity contribution in [3.8, 4) is 0 Å². The molecule has 0 radical (unpaired) electrons. The summed E-state index contributed by atoms with van der Waals surface area (Å²) in [6.07, 6.45) is 4.81. The van der Waals surface area contributed by atoms with Gasteiger partial charge in [-0.25, -0.2) is 0 Å². The van der Waals surface area contributed by atoms with E-state index in [2.05, 4.69) is 15.5 Å². The van der Waals surface area contributed by atoms with Crippen LogP contribution in [0.25, 0.3) is 0 Å². The second-order valence-electron chi connectivity index (χ2n) is 5.54. The first kappa shape index (κ1) is 12.1. The number of hydrogen-bond acceptors (Lipinski definition) is 5. The highest BCUT2D eigenvalue weighted by molar-refractivity contribution is 5.03. The summed E-state index contributed by atoms with van der Waals surface area (Å²) in [6.45, 7) is 3.11. The minimum Gasteiger partial charge on any atom is -0.381 e. The van der Waals surface area contributed by atoms with Gasteiger partial charge in [-0.05, 0) is 38.1 Å². The second kappa shape index (κ2) is 4.97. The molecule has 5 heteroatoms. The average molecular weight is 251 g/mol. The van der Waals surface area contributed by atoms with E-state index in [-0.39, 0.29) is 12.1 Å². The Morgan fingerprint density at radius 1 is 1.50 bits per heavy atom. The highest BCUT2D eigenvalue weighted by Gasteiger charge is 2.42. The fourth-order valence-electron chi connectivity index (χ4n) is 3.28. The van der Waals surface area contributed by atoms with Crippen LogP contribution in [0, 0.1) is 11.8 Å². The zero-order chi connectivity index (χ0) is 12.5. The molecule has 1 aromatic rings. The Morgan fingerprint density at radius 3 is 3.22 bits per heavy atom. The van der Waals surface area contributed by atoms with Gasteiger partial charge in [-0.15, -0.1) is 0 Å². The van der Waals surface area contributed by atoms with Crippen molar-refractivity contribution in [3.05, 3.63) is 11.7 Å². The first-order valence-electron chi connectivity index (χ1n) is 6.86. The molecule has 100 valence electrons. The largest absolute Gasteiger partial charge is 0.381 e. The monoisotopic (exact) mass is 251 g/mol. The predicted molar refractivity (Wildman–Crippen MR) is 66.0 cm³/mol. The van der Waals surface area contributed by atoms with Gasteiger partial charge < -0.3 is 14.6 Å². The van der Waals surface area contributed by atoms with E-state index in [0.717, 1.165) is 24.2 Å². The lowest BCUT2D eigenvalue weighted by Gasteiger charge is -2.13. The Hall–Kier alpha value is -0.940. The quantitative estimate of drug-likeness (QED) is 0.882. The molecule has 0 aromatic carbocycles. The topological polar surface area (TPSA) is 60.2 Å². The van der Waals surface area contributed by atoms with Crippen LogP contribution in [0.15, 0.2) is 4.52 Å². The minimum atomic E-state index is 0.131. The van der Waals surface area contributed by atoms with Crippen LogP contribution in [0.4, 0.5) is 0 Å². The van der Waals surface area contributed by atoms with E-state index in [1.54, 1.807) is 7.11 Å². The molecule has 1 saturated carbocycles. The molecule has 1 saturated heterocycles. The van der Waals surface area contributed by atoms with E-state index in [4.69, 9.17) is 9.26 Å². The maximum atomic E-state index is 5.42. The standard InChI is InChI=1S/C13H21N3O2/c1-8(17-2)6-11-15-13(18-16-11)12-10-5-3-4-9(10)7-14-12/h8-10,12,14H,3-7H2,1-2H3. The number of rotatable bonds is 4. The Balaban J connectivity index is 1.69. The number of nitrogens with one attached hydrogen (secondary N) is 1. The minimum absolute atomic E-state index is 0.131. The third-order valence-electron chi connectivity index (χ3n) is 4.37. The van der Waals surface area contributed by atoms with Crippen molar-refractivity contribution >= 4 is 0 Å². The van der Waals surface area contributed by atoms with E-state index in [0.29, 0.717) is 12.3 Å².